The minimum Gasteiger partial charge on any atom is -0.492 e. The number of hydrogen-bond acceptors (Lipinski definition) is 3. The first-order valence-corrected chi connectivity index (χ1v) is 6.34. The number of aromatic nitrogens is 1. The summed E-state index contributed by atoms with van der Waals surface area (Å²) in [4.78, 5) is 10.9. The van der Waals surface area contributed by atoms with Crippen molar-refractivity contribution in [1.29, 1.82) is 0 Å². The third-order valence-electron chi connectivity index (χ3n) is 2.78. The van der Waals surface area contributed by atoms with Crippen molar-refractivity contribution >= 4 is 12.0 Å². The Bertz CT molecular complexity index is 637. The van der Waals surface area contributed by atoms with E-state index in [4.69, 9.17) is 9.94 Å². The maximum Gasteiger partial charge on any atom is 0.267 e. The van der Waals surface area contributed by atoms with E-state index in [9.17, 15) is 9.18 Å². The number of carbonyl (C=O) groups excluding carboxylic acids is 1. The molecule has 0 aliphatic heterocycles. The number of hydrogen-bond donors (Lipinski definition) is 2. The molecule has 2 aromatic rings. The Balaban J connectivity index is 1.91. The number of rotatable bonds is 6. The monoisotopic (exact) mass is 290 g/mol. The SMILES string of the molecule is O=C(C=Cc1cccn1CCOc1cccc(F)c1)NO. The van der Waals surface area contributed by atoms with Gasteiger partial charge in [-0.1, -0.05) is 6.07 Å². The highest BCUT2D eigenvalue weighted by Crippen LogP contribution is 2.12. The van der Waals surface area contributed by atoms with Crippen LogP contribution in [0.5, 0.6) is 5.75 Å². The molecule has 21 heavy (non-hydrogen) atoms. The largest absolute Gasteiger partial charge is 0.492 e. The van der Waals surface area contributed by atoms with Crippen molar-refractivity contribution in [3.05, 3.63) is 60.2 Å². The summed E-state index contributed by atoms with van der Waals surface area (Å²) in [7, 11) is 0. The van der Waals surface area contributed by atoms with Crippen LogP contribution in [0.4, 0.5) is 4.39 Å². The zero-order chi connectivity index (χ0) is 15.1. The molecule has 6 heteroatoms. The Kier molecular flexibility index (Phi) is 5.11. The average molecular weight is 290 g/mol. The highest BCUT2D eigenvalue weighted by Gasteiger charge is 2.00. The molecule has 1 aromatic carbocycles. The second-order valence-corrected chi connectivity index (χ2v) is 4.24. The molecule has 0 unspecified atom stereocenters. The molecule has 1 amide bonds. The van der Waals surface area contributed by atoms with E-state index in [1.54, 1.807) is 18.2 Å². The van der Waals surface area contributed by atoms with Crippen molar-refractivity contribution < 1.29 is 19.1 Å². The first-order valence-electron chi connectivity index (χ1n) is 6.34. The summed E-state index contributed by atoms with van der Waals surface area (Å²) in [6.07, 6.45) is 4.64. The second kappa shape index (κ2) is 7.25. The Labute approximate surface area is 121 Å². The normalized spacial score (nSPS) is 10.8. The Hall–Kier alpha value is -2.60. The van der Waals surface area contributed by atoms with Crippen LogP contribution in [0.15, 0.2) is 48.7 Å². The predicted molar refractivity (Wildman–Crippen MR) is 75.3 cm³/mol. The maximum absolute atomic E-state index is 13.0. The molecule has 0 fully saturated rings. The van der Waals surface area contributed by atoms with E-state index in [0.717, 1.165) is 5.69 Å². The van der Waals surface area contributed by atoms with Gasteiger partial charge in [0, 0.05) is 24.0 Å². The van der Waals surface area contributed by atoms with Crippen molar-refractivity contribution in [2.45, 2.75) is 6.54 Å². The lowest BCUT2D eigenvalue weighted by molar-refractivity contribution is -0.124. The zero-order valence-electron chi connectivity index (χ0n) is 11.2. The highest BCUT2D eigenvalue weighted by molar-refractivity contribution is 5.90. The van der Waals surface area contributed by atoms with Gasteiger partial charge in [0.05, 0.1) is 6.54 Å². The van der Waals surface area contributed by atoms with Crippen LogP contribution in [0.25, 0.3) is 6.08 Å². The number of nitrogens with zero attached hydrogens (tertiary/aromatic N) is 1. The van der Waals surface area contributed by atoms with Crippen molar-refractivity contribution in [2.24, 2.45) is 0 Å². The van der Waals surface area contributed by atoms with E-state index < -0.39 is 5.91 Å². The van der Waals surface area contributed by atoms with Gasteiger partial charge in [-0.05, 0) is 30.3 Å². The van der Waals surface area contributed by atoms with Crippen LogP contribution in [0.3, 0.4) is 0 Å². The van der Waals surface area contributed by atoms with Crippen LogP contribution in [0.1, 0.15) is 5.69 Å². The van der Waals surface area contributed by atoms with E-state index in [2.05, 4.69) is 0 Å². The second-order valence-electron chi connectivity index (χ2n) is 4.24. The number of hydroxylamine groups is 1. The van der Waals surface area contributed by atoms with Crippen LogP contribution in [-0.4, -0.2) is 22.3 Å². The predicted octanol–water partition coefficient (Wildman–Crippen LogP) is 2.22. The molecule has 0 saturated heterocycles. The van der Waals surface area contributed by atoms with Crippen molar-refractivity contribution in [1.82, 2.24) is 10.0 Å². The highest BCUT2D eigenvalue weighted by atomic mass is 19.1. The van der Waals surface area contributed by atoms with Crippen LogP contribution in [0.2, 0.25) is 0 Å². The molecule has 0 spiro atoms. The molecule has 110 valence electrons. The number of ether oxygens (including phenoxy) is 1. The number of benzene rings is 1. The van der Waals surface area contributed by atoms with Crippen LogP contribution in [0, 0.1) is 5.82 Å². The summed E-state index contributed by atoms with van der Waals surface area (Å²) >= 11 is 0. The fraction of sp³-hybridized carbons (Fsp3) is 0.133. The topological polar surface area (TPSA) is 63.5 Å². The molecular formula is C15H15FN2O3. The summed E-state index contributed by atoms with van der Waals surface area (Å²) in [5.41, 5.74) is 2.31. The molecule has 2 N–H and O–H groups in total. The fourth-order valence-electron chi connectivity index (χ4n) is 1.80. The lowest BCUT2D eigenvalue weighted by Gasteiger charge is -2.09. The van der Waals surface area contributed by atoms with Crippen molar-refractivity contribution in [3.63, 3.8) is 0 Å². The molecule has 1 aromatic heterocycles. The summed E-state index contributed by atoms with van der Waals surface area (Å²) in [6.45, 7) is 0.912. The molecular weight excluding hydrogens is 275 g/mol. The first-order chi connectivity index (χ1) is 10.2. The van der Waals surface area contributed by atoms with Crippen LogP contribution in [-0.2, 0) is 11.3 Å². The summed E-state index contributed by atoms with van der Waals surface area (Å²) in [5.74, 6) is -0.468. The fourth-order valence-corrected chi connectivity index (χ4v) is 1.80. The summed E-state index contributed by atoms with van der Waals surface area (Å²) in [6, 6.07) is 9.60. The van der Waals surface area contributed by atoms with Crippen LogP contribution >= 0.6 is 0 Å². The quantitative estimate of drug-likeness (QED) is 0.487. The van der Waals surface area contributed by atoms with Crippen LogP contribution < -0.4 is 10.2 Å². The first kappa shape index (κ1) is 14.8. The van der Waals surface area contributed by atoms with Gasteiger partial charge in [0.1, 0.15) is 18.2 Å². The zero-order valence-corrected chi connectivity index (χ0v) is 11.2. The lowest BCUT2D eigenvalue weighted by Crippen LogP contribution is -2.15. The van der Waals surface area contributed by atoms with Gasteiger partial charge in [0.25, 0.3) is 5.91 Å². The summed E-state index contributed by atoms with van der Waals surface area (Å²) in [5, 5.41) is 8.41. The van der Waals surface area contributed by atoms with Gasteiger partial charge < -0.3 is 9.30 Å². The Morgan fingerprint density at radius 3 is 3.00 bits per heavy atom. The third kappa shape index (κ3) is 4.47. The van der Waals surface area contributed by atoms with Gasteiger partial charge in [0.15, 0.2) is 0 Å². The van der Waals surface area contributed by atoms with E-state index >= 15 is 0 Å². The standard InChI is InChI=1S/C15H15FN2O3/c16-12-3-1-5-14(11-12)21-10-9-18-8-2-4-13(18)6-7-15(19)17-20/h1-8,11,20H,9-10H2,(H,17,19). The maximum atomic E-state index is 13.0. The molecule has 0 aliphatic carbocycles. The van der Waals surface area contributed by atoms with Gasteiger partial charge in [-0.15, -0.1) is 0 Å². The van der Waals surface area contributed by atoms with Crippen molar-refractivity contribution in [2.75, 3.05) is 6.61 Å². The molecule has 0 radical (unpaired) electrons. The molecule has 1 heterocycles. The smallest absolute Gasteiger partial charge is 0.267 e. The Morgan fingerprint density at radius 2 is 2.24 bits per heavy atom. The van der Waals surface area contributed by atoms with Gasteiger partial charge in [0.2, 0.25) is 0 Å². The van der Waals surface area contributed by atoms with Gasteiger partial charge in [-0.2, -0.15) is 0 Å². The Morgan fingerprint density at radius 1 is 1.38 bits per heavy atom. The number of nitrogens with one attached hydrogen (secondary N) is 1. The van der Waals surface area contributed by atoms with E-state index in [1.165, 1.54) is 23.7 Å². The molecule has 0 atom stereocenters. The van der Waals surface area contributed by atoms with Gasteiger partial charge in [-0.3, -0.25) is 10.0 Å². The number of amides is 1. The minimum absolute atomic E-state index is 0.341. The van der Waals surface area contributed by atoms with E-state index in [1.807, 2.05) is 22.9 Å². The minimum atomic E-state index is -0.598. The molecule has 0 bridgehead atoms. The van der Waals surface area contributed by atoms with E-state index in [0.29, 0.717) is 18.9 Å². The third-order valence-corrected chi connectivity index (χ3v) is 2.78. The summed E-state index contributed by atoms with van der Waals surface area (Å²) < 4.78 is 20.3. The molecule has 2 rings (SSSR count). The number of carbonyl (C=O) groups is 1. The average Bonchev–Trinajstić information content (AvgIpc) is 2.92. The molecule has 5 nitrogen and oxygen atoms in total. The van der Waals surface area contributed by atoms with Crippen molar-refractivity contribution in [3.8, 4) is 5.75 Å². The van der Waals surface area contributed by atoms with Gasteiger partial charge >= 0.3 is 0 Å². The molecule has 0 aliphatic rings. The molecule has 0 saturated carbocycles. The van der Waals surface area contributed by atoms with E-state index in [-0.39, 0.29) is 5.82 Å². The number of halogens is 1. The lowest BCUT2D eigenvalue weighted by atomic mass is 10.3. The van der Waals surface area contributed by atoms with Gasteiger partial charge in [-0.25, -0.2) is 9.87 Å².